The fourth-order valence-corrected chi connectivity index (χ4v) is 4.95. The minimum Gasteiger partial charge on any atom is -0.418 e. The maximum Gasteiger partial charge on any atom is 0.463 e. The van der Waals surface area contributed by atoms with Crippen molar-refractivity contribution in [1.29, 1.82) is 0 Å². The van der Waals surface area contributed by atoms with E-state index in [1.165, 1.54) is 83.5 Å². The summed E-state index contributed by atoms with van der Waals surface area (Å²) in [6, 6.07) is 19.5. The molecule has 0 aliphatic carbocycles. The molecule has 0 N–H and O–H groups in total. The van der Waals surface area contributed by atoms with E-state index >= 15 is 0 Å². The Labute approximate surface area is 210 Å². The number of unbranched alkanes of at least 4 members (excludes halogenated alkanes) is 12. The van der Waals surface area contributed by atoms with Gasteiger partial charge in [0.25, 0.3) is 0 Å². The maximum absolute atomic E-state index is 5.99. The predicted octanol–water partition coefficient (Wildman–Crippen LogP) is 10.5. The van der Waals surface area contributed by atoms with Gasteiger partial charge in [-0.1, -0.05) is 134 Å². The van der Waals surface area contributed by atoms with Crippen molar-refractivity contribution in [1.82, 2.24) is 0 Å². The van der Waals surface area contributed by atoms with Gasteiger partial charge in [-0.3, -0.25) is 4.52 Å². The van der Waals surface area contributed by atoms with Gasteiger partial charge < -0.3 is 9.05 Å². The van der Waals surface area contributed by atoms with Crippen LogP contribution in [-0.2, 0) is 4.52 Å². The molecule has 2 aromatic carbocycles. The zero-order valence-electron chi connectivity index (χ0n) is 21.6. The molecule has 0 radical (unpaired) electrons. The van der Waals surface area contributed by atoms with E-state index < -0.39 is 8.60 Å². The largest absolute Gasteiger partial charge is 0.463 e. The highest BCUT2D eigenvalue weighted by molar-refractivity contribution is 7.42. The average molecular weight is 487 g/mol. The molecule has 0 spiro atoms. The molecule has 0 aromatic heterocycles. The van der Waals surface area contributed by atoms with Crippen LogP contribution in [0.25, 0.3) is 0 Å². The van der Waals surface area contributed by atoms with Gasteiger partial charge in [-0.25, -0.2) is 0 Å². The Bertz CT molecular complexity index is 651. The van der Waals surface area contributed by atoms with Crippen molar-refractivity contribution in [2.45, 2.75) is 104 Å². The quantitative estimate of drug-likeness (QED) is 0.130. The SMILES string of the molecule is CC(C)CCCCCCCCCCCCCCCOP(Oc1ccccc1)Oc1ccccc1. The van der Waals surface area contributed by atoms with Crippen molar-refractivity contribution in [3.63, 3.8) is 0 Å². The Morgan fingerprint density at radius 1 is 0.529 bits per heavy atom. The van der Waals surface area contributed by atoms with Gasteiger partial charge in [-0.2, -0.15) is 0 Å². The van der Waals surface area contributed by atoms with Gasteiger partial charge in [0, 0.05) is 0 Å². The first-order valence-electron chi connectivity index (χ1n) is 13.6. The molecule has 0 bridgehead atoms. The van der Waals surface area contributed by atoms with Gasteiger partial charge in [0.05, 0.1) is 6.61 Å². The number of hydrogen-bond donors (Lipinski definition) is 0. The molecule has 0 aliphatic rings. The van der Waals surface area contributed by atoms with Gasteiger partial charge >= 0.3 is 8.60 Å². The van der Waals surface area contributed by atoms with Gasteiger partial charge in [-0.15, -0.1) is 0 Å². The Balaban J connectivity index is 1.45. The summed E-state index contributed by atoms with van der Waals surface area (Å²) in [4.78, 5) is 0. The third-order valence-corrected chi connectivity index (χ3v) is 7.08. The lowest BCUT2D eigenvalue weighted by Crippen LogP contribution is -2.01. The monoisotopic (exact) mass is 486 g/mol. The number of rotatable bonds is 21. The van der Waals surface area contributed by atoms with Crippen LogP contribution < -0.4 is 9.05 Å². The van der Waals surface area contributed by atoms with Crippen LogP contribution in [0, 0.1) is 5.92 Å². The summed E-state index contributed by atoms with van der Waals surface area (Å²) in [6.07, 6.45) is 19.0. The highest BCUT2D eigenvalue weighted by Crippen LogP contribution is 2.41. The third-order valence-electron chi connectivity index (χ3n) is 5.97. The Morgan fingerprint density at radius 3 is 1.32 bits per heavy atom. The predicted molar refractivity (Wildman–Crippen MR) is 146 cm³/mol. The molecule has 0 saturated heterocycles. The Hall–Kier alpha value is -1.57. The van der Waals surface area contributed by atoms with Crippen molar-refractivity contribution in [2.24, 2.45) is 5.92 Å². The van der Waals surface area contributed by atoms with Crippen molar-refractivity contribution < 1.29 is 13.6 Å². The molecule has 0 heterocycles. The van der Waals surface area contributed by atoms with Crippen LogP contribution in [0.5, 0.6) is 11.5 Å². The van der Waals surface area contributed by atoms with Crippen molar-refractivity contribution >= 4 is 8.60 Å². The van der Waals surface area contributed by atoms with Crippen molar-refractivity contribution in [3.8, 4) is 11.5 Å². The molecule has 0 atom stereocenters. The summed E-state index contributed by atoms with van der Waals surface area (Å²) in [7, 11) is -1.46. The third kappa shape index (κ3) is 15.4. The fraction of sp³-hybridized carbons (Fsp3) is 0.600. The first kappa shape index (κ1) is 28.7. The number of para-hydroxylation sites is 2. The smallest absolute Gasteiger partial charge is 0.418 e. The first-order valence-corrected chi connectivity index (χ1v) is 14.7. The van der Waals surface area contributed by atoms with E-state index in [1.807, 2.05) is 60.7 Å². The van der Waals surface area contributed by atoms with Crippen LogP contribution in [0.15, 0.2) is 60.7 Å². The van der Waals surface area contributed by atoms with E-state index in [2.05, 4.69) is 13.8 Å². The number of hydrogen-bond acceptors (Lipinski definition) is 3. The highest BCUT2D eigenvalue weighted by Gasteiger charge is 2.16. The molecule has 0 unspecified atom stereocenters. The Kier molecular flexibility index (Phi) is 16.6. The highest BCUT2D eigenvalue weighted by atomic mass is 31.2. The molecule has 2 rings (SSSR count). The van der Waals surface area contributed by atoms with Gasteiger partial charge in [-0.05, 0) is 36.6 Å². The first-order chi connectivity index (χ1) is 16.7. The summed E-state index contributed by atoms with van der Waals surface area (Å²) in [6.45, 7) is 5.32. The topological polar surface area (TPSA) is 27.7 Å². The van der Waals surface area contributed by atoms with Crippen LogP contribution in [-0.4, -0.2) is 6.61 Å². The standard InChI is InChI=1S/C30H47O3P/c1-28(2)22-16-12-10-8-6-4-3-5-7-9-11-13-21-27-31-34(32-29-23-17-14-18-24-29)33-30-25-19-15-20-26-30/h14-15,17-20,23-26,28H,3-13,16,21-22,27H2,1-2H3. The molecule has 0 fully saturated rings. The van der Waals surface area contributed by atoms with E-state index in [9.17, 15) is 0 Å². The second-order valence-electron chi connectivity index (χ2n) is 9.64. The molecule has 0 saturated carbocycles. The van der Waals surface area contributed by atoms with Gasteiger partial charge in [0.2, 0.25) is 0 Å². The van der Waals surface area contributed by atoms with Crippen molar-refractivity contribution in [3.05, 3.63) is 60.7 Å². The maximum atomic E-state index is 5.99. The Morgan fingerprint density at radius 2 is 0.912 bits per heavy atom. The molecular formula is C30H47O3P. The summed E-state index contributed by atoms with van der Waals surface area (Å²) in [5.41, 5.74) is 0. The lowest BCUT2D eigenvalue weighted by molar-refractivity contribution is 0.258. The second-order valence-corrected chi connectivity index (χ2v) is 10.7. The van der Waals surface area contributed by atoms with Crippen LogP contribution in [0.3, 0.4) is 0 Å². The molecule has 190 valence electrons. The summed E-state index contributed by atoms with van der Waals surface area (Å²) in [5.74, 6) is 2.42. The van der Waals surface area contributed by atoms with E-state index in [4.69, 9.17) is 13.6 Å². The lowest BCUT2D eigenvalue weighted by atomic mass is 10.0. The van der Waals surface area contributed by atoms with Crippen LogP contribution in [0.1, 0.15) is 104 Å². The van der Waals surface area contributed by atoms with Gasteiger partial charge in [0.1, 0.15) is 11.5 Å². The van der Waals surface area contributed by atoms with Gasteiger partial charge in [0.15, 0.2) is 0 Å². The summed E-state index contributed by atoms with van der Waals surface area (Å²) in [5, 5.41) is 0. The molecule has 0 amide bonds. The van der Waals surface area contributed by atoms with Crippen molar-refractivity contribution in [2.75, 3.05) is 6.61 Å². The van der Waals surface area contributed by atoms with Crippen LogP contribution in [0.4, 0.5) is 0 Å². The summed E-state index contributed by atoms with van der Waals surface area (Å²) < 4.78 is 17.9. The fourth-order valence-electron chi connectivity index (χ4n) is 3.94. The molecule has 0 aliphatic heterocycles. The zero-order valence-corrected chi connectivity index (χ0v) is 22.5. The normalized spacial score (nSPS) is 11.3. The van der Waals surface area contributed by atoms with E-state index in [1.54, 1.807) is 0 Å². The zero-order chi connectivity index (χ0) is 24.1. The molecule has 2 aromatic rings. The minimum atomic E-state index is -1.46. The van der Waals surface area contributed by atoms with Crippen LogP contribution in [0.2, 0.25) is 0 Å². The molecule has 34 heavy (non-hydrogen) atoms. The summed E-state index contributed by atoms with van der Waals surface area (Å²) >= 11 is 0. The molecule has 3 nitrogen and oxygen atoms in total. The average Bonchev–Trinajstić information content (AvgIpc) is 2.84. The van der Waals surface area contributed by atoms with E-state index in [0.717, 1.165) is 23.8 Å². The minimum absolute atomic E-state index is 0.669. The number of benzene rings is 2. The van der Waals surface area contributed by atoms with E-state index in [0.29, 0.717) is 6.61 Å². The second kappa shape index (κ2) is 19.7. The lowest BCUT2D eigenvalue weighted by Gasteiger charge is -2.17. The molecule has 4 heteroatoms. The van der Waals surface area contributed by atoms with Crippen LogP contribution >= 0.6 is 8.60 Å². The van der Waals surface area contributed by atoms with E-state index in [-0.39, 0.29) is 0 Å². The molecular weight excluding hydrogens is 439 g/mol.